The maximum atomic E-state index is 12.3. The van der Waals surface area contributed by atoms with Gasteiger partial charge in [-0.25, -0.2) is 0 Å². The van der Waals surface area contributed by atoms with E-state index in [1.54, 1.807) is 6.07 Å². The molecule has 0 spiro atoms. The van der Waals surface area contributed by atoms with Crippen molar-refractivity contribution in [3.8, 4) is 0 Å². The molecule has 1 atom stereocenters. The lowest BCUT2D eigenvalue weighted by Gasteiger charge is -2.27. The molecule has 4 amide bonds. The van der Waals surface area contributed by atoms with Crippen LogP contribution in [-0.2, 0) is 9.59 Å². The molecule has 1 N–H and O–H groups in total. The van der Waals surface area contributed by atoms with Gasteiger partial charge in [0.25, 0.3) is 11.8 Å². The highest BCUT2D eigenvalue weighted by molar-refractivity contribution is 7.80. The van der Waals surface area contributed by atoms with E-state index in [9.17, 15) is 19.2 Å². The molecular weight excluding hydrogens is 280 g/mol. The first-order chi connectivity index (χ1) is 9.49. The molecule has 1 aromatic rings. The molecule has 2 aliphatic heterocycles. The second-order valence-corrected chi connectivity index (χ2v) is 5.19. The van der Waals surface area contributed by atoms with Crippen LogP contribution < -0.4 is 5.32 Å². The van der Waals surface area contributed by atoms with Crippen LogP contribution >= 0.6 is 12.6 Å². The highest BCUT2D eigenvalue weighted by Gasteiger charge is 2.44. The van der Waals surface area contributed by atoms with Crippen molar-refractivity contribution in [3.05, 3.63) is 29.3 Å². The van der Waals surface area contributed by atoms with Gasteiger partial charge in [0.2, 0.25) is 11.8 Å². The fraction of sp³-hybridized carbons (Fsp3) is 0.231. The first-order valence-corrected chi connectivity index (χ1v) is 6.48. The van der Waals surface area contributed by atoms with Crippen LogP contribution in [0.1, 0.15) is 33.6 Å². The van der Waals surface area contributed by atoms with Crippen LogP contribution in [0, 0.1) is 0 Å². The van der Waals surface area contributed by atoms with Crippen molar-refractivity contribution < 1.29 is 19.2 Å². The van der Waals surface area contributed by atoms with E-state index in [0.717, 1.165) is 4.90 Å². The Morgan fingerprint density at radius 1 is 1.10 bits per heavy atom. The SMILES string of the molecule is O=C1CCC(N2C(=O)c3ccc(S)cc3C2=O)C(=O)N1. The molecule has 0 aromatic heterocycles. The van der Waals surface area contributed by atoms with Crippen LogP contribution in [0.3, 0.4) is 0 Å². The van der Waals surface area contributed by atoms with Crippen molar-refractivity contribution in [2.45, 2.75) is 23.8 Å². The number of rotatable bonds is 1. The van der Waals surface area contributed by atoms with E-state index < -0.39 is 23.8 Å². The number of piperidine rings is 1. The van der Waals surface area contributed by atoms with Gasteiger partial charge >= 0.3 is 0 Å². The van der Waals surface area contributed by atoms with E-state index in [0.29, 0.717) is 4.90 Å². The Morgan fingerprint density at radius 3 is 2.50 bits per heavy atom. The fourth-order valence-corrected chi connectivity index (χ4v) is 2.66. The molecule has 3 rings (SSSR count). The average Bonchev–Trinajstić information content (AvgIpc) is 2.63. The number of carbonyl (C=O) groups is 4. The molecule has 0 saturated carbocycles. The highest BCUT2D eigenvalue weighted by Crippen LogP contribution is 2.28. The van der Waals surface area contributed by atoms with Gasteiger partial charge in [0.1, 0.15) is 6.04 Å². The summed E-state index contributed by atoms with van der Waals surface area (Å²) in [6.07, 6.45) is 0.269. The Morgan fingerprint density at radius 2 is 1.80 bits per heavy atom. The summed E-state index contributed by atoms with van der Waals surface area (Å²) in [7, 11) is 0. The number of amides is 4. The number of benzene rings is 1. The summed E-state index contributed by atoms with van der Waals surface area (Å²) >= 11 is 4.13. The predicted octanol–water partition coefficient (Wildman–Crippen LogP) is 0.377. The third-order valence-corrected chi connectivity index (χ3v) is 3.70. The van der Waals surface area contributed by atoms with Gasteiger partial charge in [-0.3, -0.25) is 29.4 Å². The molecule has 20 heavy (non-hydrogen) atoms. The minimum atomic E-state index is -0.927. The number of hydrogen-bond donors (Lipinski definition) is 2. The summed E-state index contributed by atoms with van der Waals surface area (Å²) < 4.78 is 0. The van der Waals surface area contributed by atoms with Gasteiger partial charge in [-0.15, -0.1) is 12.6 Å². The summed E-state index contributed by atoms with van der Waals surface area (Å²) in [5.74, 6) is -2.02. The number of thiol groups is 1. The van der Waals surface area contributed by atoms with Gasteiger partial charge in [-0.2, -0.15) is 0 Å². The van der Waals surface area contributed by atoms with Crippen LogP contribution in [0.4, 0.5) is 0 Å². The number of nitrogens with zero attached hydrogens (tertiary/aromatic N) is 1. The molecule has 2 heterocycles. The van der Waals surface area contributed by atoms with Crippen molar-refractivity contribution in [3.63, 3.8) is 0 Å². The molecule has 2 aliphatic rings. The van der Waals surface area contributed by atoms with Gasteiger partial charge in [0.15, 0.2) is 0 Å². The third kappa shape index (κ3) is 1.82. The summed E-state index contributed by atoms with van der Waals surface area (Å²) in [6.45, 7) is 0. The Balaban J connectivity index is 1.97. The Kier molecular flexibility index (Phi) is 2.86. The Bertz CT molecular complexity index is 670. The second kappa shape index (κ2) is 4.45. The molecular formula is C13H10N2O4S. The van der Waals surface area contributed by atoms with Crippen molar-refractivity contribution in [2.24, 2.45) is 0 Å². The number of hydrogen-bond acceptors (Lipinski definition) is 5. The molecule has 102 valence electrons. The maximum absolute atomic E-state index is 12.3. The molecule has 0 aliphatic carbocycles. The van der Waals surface area contributed by atoms with Crippen molar-refractivity contribution in [1.82, 2.24) is 10.2 Å². The lowest BCUT2D eigenvalue weighted by molar-refractivity contribution is -0.136. The minimum absolute atomic E-state index is 0.113. The quantitative estimate of drug-likeness (QED) is 0.578. The molecule has 1 fully saturated rings. The normalized spacial score (nSPS) is 22.1. The van der Waals surface area contributed by atoms with Crippen LogP contribution in [0.15, 0.2) is 23.1 Å². The summed E-state index contributed by atoms with van der Waals surface area (Å²) in [5, 5.41) is 2.15. The largest absolute Gasteiger partial charge is 0.295 e. The number of carbonyl (C=O) groups excluding carboxylic acids is 4. The zero-order valence-corrected chi connectivity index (χ0v) is 11.1. The second-order valence-electron chi connectivity index (χ2n) is 4.68. The zero-order chi connectivity index (χ0) is 14.4. The van der Waals surface area contributed by atoms with Crippen LogP contribution in [0.5, 0.6) is 0 Å². The zero-order valence-electron chi connectivity index (χ0n) is 10.3. The lowest BCUT2D eigenvalue weighted by atomic mass is 10.0. The van der Waals surface area contributed by atoms with Gasteiger partial charge in [0, 0.05) is 11.3 Å². The Hall–Kier alpha value is -2.15. The number of imide groups is 2. The highest BCUT2D eigenvalue weighted by atomic mass is 32.1. The smallest absolute Gasteiger partial charge is 0.262 e. The minimum Gasteiger partial charge on any atom is -0.295 e. The molecule has 1 unspecified atom stereocenters. The van der Waals surface area contributed by atoms with E-state index in [4.69, 9.17) is 0 Å². The molecule has 1 aromatic carbocycles. The first-order valence-electron chi connectivity index (χ1n) is 6.03. The summed E-state index contributed by atoms with van der Waals surface area (Å²) in [6, 6.07) is 3.71. The van der Waals surface area contributed by atoms with E-state index in [2.05, 4.69) is 17.9 Å². The maximum Gasteiger partial charge on any atom is 0.262 e. The lowest BCUT2D eigenvalue weighted by Crippen LogP contribution is -2.54. The number of fused-ring (bicyclic) bond motifs is 1. The monoisotopic (exact) mass is 290 g/mol. The topological polar surface area (TPSA) is 83.6 Å². The Labute approximate surface area is 119 Å². The van der Waals surface area contributed by atoms with Gasteiger partial charge < -0.3 is 0 Å². The predicted molar refractivity (Wildman–Crippen MR) is 70.4 cm³/mol. The summed E-state index contributed by atoms with van der Waals surface area (Å²) in [4.78, 5) is 49.0. The van der Waals surface area contributed by atoms with Crippen molar-refractivity contribution >= 4 is 36.3 Å². The van der Waals surface area contributed by atoms with Crippen LogP contribution in [0.2, 0.25) is 0 Å². The van der Waals surface area contributed by atoms with Crippen LogP contribution in [-0.4, -0.2) is 34.6 Å². The van der Waals surface area contributed by atoms with E-state index >= 15 is 0 Å². The first kappa shape index (κ1) is 12.9. The molecule has 6 nitrogen and oxygen atoms in total. The molecule has 1 saturated heterocycles. The van der Waals surface area contributed by atoms with E-state index in [1.165, 1.54) is 12.1 Å². The van der Waals surface area contributed by atoms with Gasteiger partial charge in [-0.05, 0) is 24.6 Å². The standard InChI is InChI=1S/C13H10N2O4S/c16-10-4-3-9(11(17)14-10)15-12(18)7-2-1-6(20)5-8(7)13(15)19/h1-2,5,9,20H,3-4H2,(H,14,16,17). The molecule has 0 bridgehead atoms. The summed E-state index contributed by atoms with van der Waals surface area (Å²) in [5.41, 5.74) is 0.504. The third-order valence-electron chi connectivity index (χ3n) is 3.42. The van der Waals surface area contributed by atoms with Gasteiger partial charge in [0.05, 0.1) is 11.1 Å². The molecule has 0 radical (unpaired) electrons. The van der Waals surface area contributed by atoms with Crippen molar-refractivity contribution in [2.75, 3.05) is 0 Å². The fourth-order valence-electron chi connectivity index (χ4n) is 2.46. The van der Waals surface area contributed by atoms with E-state index in [-0.39, 0.29) is 29.9 Å². The van der Waals surface area contributed by atoms with Crippen molar-refractivity contribution in [1.29, 1.82) is 0 Å². The van der Waals surface area contributed by atoms with Crippen LogP contribution in [0.25, 0.3) is 0 Å². The molecule has 7 heteroatoms. The average molecular weight is 290 g/mol. The number of nitrogens with one attached hydrogen (secondary N) is 1. The van der Waals surface area contributed by atoms with E-state index in [1.807, 2.05) is 0 Å². The van der Waals surface area contributed by atoms with Gasteiger partial charge in [-0.1, -0.05) is 0 Å².